The molecule has 2 atom stereocenters. The highest BCUT2D eigenvalue weighted by molar-refractivity contribution is 7.88. The molecule has 1 N–H and O–H groups in total. The van der Waals surface area contributed by atoms with Gasteiger partial charge in [-0.1, -0.05) is 42.5 Å². The zero-order valence-electron chi connectivity index (χ0n) is 21.7. The molecule has 2 heterocycles. The van der Waals surface area contributed by atoms with Crippen LogP contribution in [0.25, 0.3) is 0 Å². The van der Waals surface area contributed by atoms with Gasteiger partial charge in [-0.3, -0.25) is 9.59 Å². The number of ether oxygens (including phenoxy) is 1. The highest BCUT2D eigenvalue weighted by Crippen LogP contribution is 2.27. The lowest BCUT2D eigenvalue weighted by atomic mass is 9.90. The number of nitriles is 1. The van der Waals surface area contributed by atoms with E-state index in [1.54, 1.807) is 48.9 Å². The second-order valence-corrected chi connectivity index (χ2v) is 11.5. The van der Waals surface area contributed by atoms with Crippen LogP contribution in [0, 0.1) is 23.2 Å². The van der Waals surface area contributed by atoms with Gasteiger partial charge in [-0.2, -0.15) is 9.57 Å². The summed E-state index contributed by atoms with van der Waals surface area (Å²) in [7, 11) is -2.50. The molecule has 1 saturated heterocycles. The highest BCUT2D eigenvalue weighted by atomic mass is 32.2. The smallest absolute Gasteiger partial charge is 0.310 e. The van der Waals surface area contributed by atoms with E-state index in [0.29, 0.717) is 30.6 Å². The summed E-state index contributed by atoms with van der Waals surface area (Å²) in [5.41, 5.74) is 3.17. The summed E-state index contributed by atoms with van der Waals surface area (Å²) >= 11 is 0. The van der Waals surface area contributed by atoms with Crippen LogP contribution in [0.5, 0.6) is 0 Å². The van der Waals surface area contributed by atoms with Crippen molar-refractivity contribution in [1.82, 2.24) is 19.2 Å². The van der Waals surface area contributed by atoms with Crippen molar-refractivity contribution in [3.8, 4) is 6.07 Å². The molecule has 1 fully saturated rings. The fraction of sp³-hybridized carbons (Fsp3) is 0.357. The number of sulfonamides is 1. The third-order valence-electron chi connectivity index (χ3n) is 6.82. The lowest BCUT2D eigenvalue weighted by Gasteiger charge is -2.35. The topological polar surface area (TPSA) is 134 Å². The van der Waals surface area contributed by atoms with Crippen LogP contribution in [0.2, 0.25) is 0 Å². The fourth-order valence-corrected chi connectivity index (χ4v) is 6.34. The standard InChI is InChI=1S/C28H31N5O5S/c1-38-28(35)25-13-24(17-33(18-25)39(36,37)19-23-5-3-2-4-6-23)27(34)31-12-11-26-15-30-20-32(26)16-22-9-7-21(14-29)8-10-22/h2-10,15,20,24-25H,11-13,16-19H2,1H3,(H,31,34)/t24-,25+/m1/s1. The van der Waals surface area contributed by atoms with E-state index in [2.05, 4.69) is 16.4 Å². The van der Waals surface area contributed by atoms with Crippen LogP contribution >= 0.6 is 0 Å². The van der Waals surface area contributed by atoms with Crippen molar-refractivity contribution in [2.24, 2.45) is 11.8 Å². The lowest BCUT2D eigenvalue weighted by Crippen LogP contribution is -2.50. The van der Waals surface area contributed by atoms with E-state index in [4.69, 9.17) is 10.00 Å². The third-order valence-corrected chi connectivity index (χ3v) is 8.61. The van der Waals surface area contributed by atoms with E-state index in [1.807, 2.05) is 22.8 Å². The maximum Gasteiger partial charge on any atom is 0.310 e. The lowest BCUT2D eigenvalue weighted by molar-refractivity contribution is -0.148. The number of methoxy groups -OCH3 is 1. The number of carbonyl (C=O) groups excluding carboxylic acids is 2. The first-order valence-corrected chi connectivity index (χ1v) is 14.3. The van der Waals surface area contributed by atoms with Gasteiger partial charge < -0.3 is 14.6 Å². The molecular weight excluding hydrogens is 518 g/mol. The molecule has 0 unspecified atom stereocenters. The summed E-state index contributed by atoms with van der Waals surface area (Å²) in [5.74, 6) is -2.45. The van der Waals surface area contributed by atoms with Gasteiger partial charge in [0, 0.05) is 44.5 Å². The Balaban J connectivity index is 1.37. The van der Waals surface area contributed by atoms with Crippen molar-refractivity contribution in [2.75, 3.05) is 26.7 Å². The van der Waals surface area contributed by atoms with Gasteiger partial charge in [0.15, 0.2) is 0 Å². The Morgan fingerprint density at radius 3 is 2.49 bits per heavy atom. The minimum Gasteiger partial charge on any atom is -0.469 e. The van der Waals surface area contributed by atoms with Gasteiger partial charge in [-0.25, -0.2) is 13.4 Å². The number of benzene rings is 2. The van der Waals surface area contributed by atoms with Crippen molar-refractivity contribution in [3.63, 3.8) is 0 Å². The Kier molecular flexibility index (Phi) is 9.11. The molecule has 0 aliphatic carbocycles. The van der Waals surface area contributed by atoms with E-state index in [0.717, 1.165) is 11.3 Å². The molecule has 0 saturated carbocycles. The number of rotatable bonds is 10. The average molecular weight is 550 g/mol. The van der Waals surface area contributed by atoms with Crippen molar-refractivity contribution in [1.29, 1.82) is 5.26 Å². The number of piperidine rings is 1. The van der Waals surface area contributed by atoms with Gasteiger partial charge in [0.25, 0.3) is 0 Å². The minimum absolute atomic E-state index is 0.00508. The van der Waals surface area contributed by atoms with Crippen molar-refractivity contribution in [2.45, 2.75) is 25.1 Å². The van der Waals surface area contributed by atoms with Crippen LogP contribution < -0.4 is 5.32 Å². The molecule has 204 valence electrons. The number of carbonyl (C=O) groups is 2. The average Bonchev–Trinajstić information content (AvgIpc) is 3.39. The van der Waals surface area contributed by atoms with Crippen molar-refractivity contribution < 1.29 is 22.7 Å². The number of nitrogens with one attached hydrogen (secondary N) is 1. The third kappa shape index (κ3) is 7.31. The molecule has 0 spiro atoms. The maximum atomic E-state index is 13.2. The zero-order valence-corrected chi connectivity index (χ0v) is 22.5. The number of imidazole rings is 1. The predicted octanol–water partition coefficient (Wildman–Crippen LogP) is 2.10. The van der Waals surface area contributed by atoms with Crippen LogP contribution in [-0.2, 0) is 43.1 Å². The summed E-state index contributed by atoms with van der Waals surface area (Å²) in [6, 6.07) is 18.2. The summed E-state index contributed by atoms with van der Waals surface area (Å²) in [6.07, 6.45) is 4.19. The first-order chi connectivity index (χ1) is 18.8. The Bertz CT molecular complexity index is 1430. The molecule has 1 aliphatic heterocycles. The molecule has 4 rings (SSSR count). The van der Waals surface area contributed by atoms with Crippen LogP contribution in [0.4, 0.5) is 0 Å². The molecule has 2 aromatic carbocycles. The van der Waals surface area contributed by atoms with E-state index in [-0.39, 0.29) is 31.2 Å². The van der Waals surface area contributed by atoms with Crippen LogP contribution in [0.3, 0.4) is 0 Å². The Hall–Kier alpha value is -4.01. The maximum absolute atomic E-state index is 13.2. The normalized spacial score (nSPS) is 17.7. The highest BCUT2D eigenvalue weighted by Gasteiger charge is 2.40. The second kappa shape index (κ2) is 12.7. The summed E-state index contributed by atoms with van der Waals surface area (Å²) < 4.78 is 34.5. The largest absolute Gasteiger partial charge is 0.469 e. The van der Waals surface area contributed by atoms with Crippen molar-refractivity contribution >= 4 is 21.9 Å². The Morgan fingerprint density at radius 2 is 1.79 bits per heavy atom. The van der Waals surface area contributed by atoms with Gasteiger partial charge in [0.05, 0.1) is 42.7 Å². The SMILES string of the molecule is COC(=O)[C@H]1C[C@@H](C(=O)NCCc2cncn2Cc2ccc(C#N)cc2)CN(S(=O)(=O)Cc2ccccc2)C1. The monoisotopic (exact) mass is 549 g/mol. The van der Waals surface area contributed by atoms with Gasteiger partial charge >= 0.3 is 5.97 Å². The number of aromatic nitrogens is 2. The van der Waals surface area contributed by atoms with E-state index in [9.17, 15) is 18.0 Å². The van der Waals surface area contributed by atoms with Gasteiger partial charge in [-0.05, 0) is 29.7 Å². The molecule has 10 nitrogen and oxygen atoms in total. The van der Waals surface area contributed by atoms with Gasteiger partial charge in [-0.15, -0.1) is 0 Å². The Morgan fingerprint density at radius 1 is 1.08 bits per heavy atom. The van der Waals surface area contributed by atoms with Gasteiger partial charge in [0.1, 0.15) is 0 Å². The summed E-state index contributed by atoms with van der Waals surface area (Å²) in [4.78, 5) is 29.7. The second-order valence-electron chi connectivity index (χ2n) is 9.57. The van der Waals surface area contributed by atoms with Crippen LogP contribution in [0.15, 0.2) is 67.1 Å². The number of hydrogen-bond acceptors (Lipinski definition) is 7. The van der Waals surface area contributed by atoms with E-state index >= 15 is 0 Å². The Labute approximate surface area is 228 Å². The predicted molar refractivity (Wildman–Crippen MR) is 143 cm³/mol. The molecule has 1 aromatic heterocycles. The van der Waals surface area contributed by atoms with Crippen LogP contribution in [0.1, 0.15) is 28.8 Å². The molecule has 0 bridgehead atoms. The zero-order chi connectivity index (χ0) is 27.8. The van der Waals surface area contributed by atoms with Crippen LogP contribution in [-0.4, -0.2) is 60.9 Å². The summed E-state index contributed by atoms with van der Waals surface area (Å²) in [5, 5.41) is 11.9. The number of amides is 1. The number of esters is 1. The summed E-state index contributed by atoms with van der Waals surface area (Å²) in [6.45, 7) is 0.895. The minimum atomic E-state index is -3.76. The molecule has 0 radical (unpaired) electrons. The molecule has 1 aliphatic rings. The first-order valence-electron chi connectivity index (χ1n) is 12.6. The molecule has 11 heteroatoms. The quantitative estimate of drug-likeness (QED) is 0.383. The molecule has 39 heavy (non-hydrogen) atoms. The number of hydrogen-bond donors (Lipinski definition) is 1. The molecular formula is C28H31N5O5S. The molecule has 3 aromatic rings. The fourth-order valence-electron chi connectivity index (χ4n) is 4.73. The van der Waals surface area contributed by atoms with Gasteiger partial charge in [0.2, 0.25) is 15.9 Å². The van der Waals surface area contributed by atoms with E-state index in [1.165, 1.54) is 11.4 Å². The molecule has 1 amide bonds. The van der Waals surface area contributed by atoms with Crippen molar-refractivity contribution in [3.05, 3.63) is 89.5 Å². The number of nitrogens with zero attached hydrogens (tertiary/aromatic N) is 4. The first kappa shape index (κ1) is 28.0. The van der Waals surface area contributed by atoms with E-state index < -0.39 is 27.8 Å².